The average Bonchev–Trinajstić information content (AvgIpc) is 3.12. The zero-order valence-electron chi connectivity index (χ0n) is 12.0. The van der Waals surface area contributed by atoms with E-state index in [0.29, 0.717) is 23.7 Å². The number of amides is 1. The normalized spacial score (nSPS) is 15.2. The van der Waals surface area contributed by atoms with Crippen LogP contribution >= 0.6 is 0 Å². The highest BCUT2D eigenvalue weighted by Crippen LogP contribution is 2.29. The molecule has 0 unspecified atom stereocenters. The molecule has 0 saturated heterocycles. The van der Waals surface area contributed by atoms with Gasteiger partial charge in [-0.3, -0.25) is 4.79 Å². The fourth-order valence-corrected chi connectivity index (χ4v) is 3.27. The summed E-state index contributed by atoms with van der Waals surface area (Å²) in [6.07, 6.45) is 2.04. The van der Waals surface area contributed by atoms with Crippen LogP contribution in [0.3, 0.4) is 0 Å². The number of carbonyl (C=O) groups excluding carboxylic acids is 1. The van der Waals surface area contributed by atoms with Gasteiger partial charge in [-0.05, 0) is 50.8 Å². The van der Waals surface area contributed by atoms with Crippen molar-refractivity contribution in [2.75, 3.05) is 6.54 Å². The van der Waals surface area contributed by atoms with Crippen LogP contribution in [0.2, 0.25) is 0 Å². The molecule has 1 aromatic carbocycles. The third-order valence-electron chi connectivity index (χ3n) is 3.65. The van der Waals surface area contributed by atoms with E-state index in [0.717, 1.165) is 18.4 Å². The first-order valence-corrected chi connectivity index (χ1v) is 8.25. The van der Waals surface area contributed by atoms with Gasteiger partial charge in [0, 0.05) is 18.2 Å². The topological polar surface area (TPSA) is 80.5 Å². The Balaban J connectivity index is 2.48. The summed E-state index contributed by atoms with van der Waals surface area (Å²) >= 11 is 0. The van der Waals surface area contributed by atoms with E-state index in [1.165, 1.54) is 6.07 Å². The first kappa shape index (κ1) is 15.0. The van der Waals surface area contributed by atoms with E-state index in [2.05, 4.69) is 0 Å². The molecule has 20 heavy (non-hydrogen) atoms. The van der Waals surface area contributed by atoms with Gasteiger partial charge in [0.05, 0.1) is 4.90 Å². The summed E-state index contributed by atoms with van der Waals surface area (Å²) in [4.78, 5) is 14.4. The number of primary sulfonamides is 1. The summed E-state index contributed by atoms with van der Waals surface area (Å²) in [7, 11) is -3.81. The minimum absolute atomic E-state index is 0.0262. The smallest absolute Gasteiger partial charge is 0.254 e. The predicted molar refractivity (Wildman–Crippen MR) is 77.0 cm³/mol. The van der Waals surface area contributed by atoms with E-state index in [-0.39, 0.29) is 10.8 Å². The molecule has 6 heteroatoms. The number of nitrogens with zero attached hydrogens (tertiary/aromatic N) is 1. The Labute approximate surface area is 119 Å². The molecule has 1 aromatic rings. The molecule has 0 atom stereocenters. The first-order valence-electron chi connectivity index (χ1n) is 6.70. The summed E-state index contributed by atoms with van der Waals surface area (Å²) in [5.41, 5.74) is 1.77. The molecule has 1 fully saturated rings. The van der Waals surface area contributed by atoms with E-state index < -0.39 is 10.0 Å². The Hall–Kier alpha value is -1.40. The van der Waals surface area contributed by atoms with Crippen molar-refractivity contribution >= 4 is 15.9 Å². The van der Waals surface area contributed by atoms with Gasteiger partial charge in [0.1, 0.15) is 0 Å². The number of aryl methyl sites for hydroxylation is 2. The molecule has 1 aliphatic carbocycles. The van der Waals surface area contributed by atoms with E-state index >= 15 is 0 Å². The van der Waals surface area contributed by atoms with Crippen LogP contribution in [-0.4, -0.2) is 31.8 Å². The summed E-state index contributed by atoms with van der Waals surface area (Å²) in [5, 5.41) is 5.20. The number of rotatable bonds is 4. The molecule has 0 radical (unpaired) electrons. The first-order chi connectivity index (χ1) is 9.25. The van der Waals surface area contributed by atoms with Gasteiger partial charge >= 0.3 is 0 Å². The van der Waals surface area contributed by atoms with Gasteiger partial charge in [-0.2, -0.15) is 0 Å². The second-order valence-corrected chi connectivity index (χ2v) is 6.83. The fraction of sp³-hybridized carbons (Fsp3) is 0.500. The van der Waals surface area contributed by atoms with Gasteiger partial charge in [0.25, 0.3) is 5.91 Å². The van der Waals surface area contributed by atoms with Crippen LogP contribution in [0.1, 0.15) is 41.3 Å². The lowest BCUT2D eigenvalue weighted by Crippen LogP contribution is -2.33. The molecule has 110 valence electrons. The van der Waals surface area contributed by atoms with Crippen LogP contribution in [0, 0.1) is 13.8 Å². The standard InChI is InChI=1S/C14H20N2O3S/c1-4-16(11-5-6-11)14(17)12-8-13(20(15,18)19)10(3)7-9(12)2/h7-8,11H,4-6H2,1-3H3,(H2,15,18,19). The number of hydrogen-bond donors (Lipinski definition) is 1. The van der Waals surface area contributed by atoms with E-state index in [4.69, 9.17) is 5.14 Å². The highest BCUT2D eigenvalue weighted by molar-refractivity contribution is 7.89. The molecule has 5 nitrogen and oxygen atoms in total. The molecule has 0 heterocycles. The molecule has 1 aliphatic rings. The Bertz CT molecular complexity index is 649. The molecule has 1 saturated carbocycles. The Morgan fingerprint density at radius 1 is 1.30 bits per heavy atom. The van der Waals surface area contributed by atoms with Crippen molar-refractivity contribution in [1.29, 1.82) is 0 Å². The summed E-state index contributed by atoms with van der Waals surface area (Å²) < 4.78 is 23.2. The Morgan fingerprint density at radius 2 is 1.90 bits per heavy atom. The molecule has 0 spiro atoms. The van der Waals surface area contributed by atoms with Crippen molar-refractivity contribution in [3.05, 3.63) is 28.8 Å². The lowest BCUT2D eigenvalue weighted by molar-refractivity contribution is 0.0751. The van der Waals surface area contributed by atoms with E-state index in [1.54, 1.807) is 17.9 Å². The number of hydrogen-bond acceptors (Lipinski definition) is 3. The highest BCUT2D eigenvalue weighted by Gasteiger charge is 2.32. The van der Waals surface area contributed by atoms with Crippen LogP contribution in [-0.2, 0) is 10.0 Å². The molecule has 0 bridgehead atoms. The molecular formula is C14H20N2O3S. The molecule has 2 rings (SSSR count). The quantitative estimate of drug-likeness (QED) is 0.916. The third kappa shape index (κ3) is 2.86. The maximum Gasteiger partial charge on any atom is 0.254 e. The van der Waals surface area contributed by atoms with Crippen LogP contribution in [0.5, 0.6) is 0 Å². The summed E-state index contributed by atoms with van der Waals surface area (Å²) in [6, 6.07) is 3.41. The van der Waals surface area contributed by atoms with Crippen molar-refractivity contribution in [3.8, 4) is 0 Å². The van der Waals surface area contributed by atoms with Crippen molar-refractivity contribution in [3.63, 3.8) is 0 Å². The van der Waals surface area contributed by atoms with E-state index in [1.807, 2.05) is 13.8 Å². The zero-order chi connectivity index (χ0) is 15.1. The molecule has 2 N–H and O–H groups in total. The van der Waals surface area contributed by atoms with Crippen molar-refractivity contribution < 1.29 is 13.2 Å². The van der Waals surface area contributed by atoms with Crippen molar-refractivity contribution in [2.24, 2.45) is 5.14 Å². The van der Waals surface area contributed by atoms with Gasteiger partial charge in [-0.25, -0.2) is 13.6 Å². The van der Waals surface area contributed by atoms with Crippen LogP contribution in [0.15, 0.2) is 17.0 Å². The van der Waals surface area contributed by atoms with E-state index in [9.17, 15) is 13.2 Å². The second kappa shape index (κ2) is 5.18. The van der Waals surface area contributed by atoms with Gasteiger partial charge in [-0.1, -0.05) is 6.07 Å². The summed E-state index contributed by atoms with van der Waals surface area (Å²) in [6.45, 7) is 6.05. The minimum Gasteiger partial charge on any atom is -0.336 e. The lowest BCUT2D eigenvalue weighted by atomic mass is 10.0. The molecule has 0 aromatic heterocycles. The SMILES string of the molecule is CCN(C(=O)c1cc(S(N)(=O)=O)c(C)cc1C)C1CC1. The minimum atomic E-state index is -3.81. The van der Waals surface area contributed by atoms with Gasteiger partial charge in [0.15, 0.2) is 0 Å². The molecular weight excluding hydrogens is 276 g/mol. The molecule has 1 amide bonds. The number of benzene rings is 1. The van der Waals surface area contributed by atoms with Crippen molar-refractivity contribution in [1.82, 2.24) is 4.90 Å². The van der Waals surface area contributed by atoms with Crippen LogP contribution < -0.4 is 5.14 Å². The van der Waals surface area contributed by atoms with Gasteiger partial charge in [0.2, 0.25) is 10.0 Å². The van der Waals surface area contributed by atoms with Crippen molar-refractivity contribution in [2.45, 2.75) is 44.6 Å². The van der Waals surface area contributed by atoms with Crippen LogP contribution in [0.4, 0.5) is 0 Å². The largest absolute Gasteiger partial charge is 0.336 e. The number of carbonyl (C=O) groups is 1. The Kier molecular flexibility index (Phi) is 3.88. The highest BCUT2D eigenvalue weighted by atomic mass is 32.2. The maximum atomic E-state index is 12.6. The van der Waals surface area contributed by atoms with Gasteiger partial charge in [-0.15, -0.1) is 0 Å². The number of sulfonamides is 1. The maximum absolute atomic E-state index is 12.6. The molecule has 0 aliphatic heterocycles. The zero-order valence-corrected chi connectivity index (χ0v) is 12.8. The fourth-order valence-electron chi connectivity index (χ4n) is 2.48. The summed E-state index contributed by atoms with van der Waals surface area (Å²) in [5.74, 6) is -0.114. The second-order valence-electron chi connectivity index (χ2n) is 5.30. The van der Waals surface area contributed by atoms with Gasteiger partial charge < -0.3 is 4.90 Å². The average molecular weight is 296 g/mol. The predicted octanol–water partition coefficient (Wildman–Crippen LogP) is 1.58. The monoisotopic (exact) mass is 296 g/mol. The number of nitrogens with two attached hydrogens (primary N) is 1. The van der Waals surface area contributed by atoms with Crippen LogP contribution in [0.25, 0.3) is 0 Å². The Morgan fingerprint density at radius 3 is 2.35 bits per heavy atom. The lowest BCUT2D eigenvalue weighted by Gasteiger charge is -2.22. The third-order valence-corrected chi connectivity index (χ3v) is 4.70.